The van der Waals surface area contributed by atoms with Crippen LogP contribution in [0.2, 0.25) is 0 Å². The molecule has 0 spiro atoms. The van der Waals surface area contributed by atoms with E-state index in [1.165, 1.54) is 4.90 Å². The average molecular weight is 195 g/mol. The molecule has 0 aromatic carbocycles. The molecule has 13 heavy (non-hydrogen) atoms. The lowest BCUT2D eigenvalue weighted by Crippen LogP contribution is -2.37. The number of hydrogen-bond donors (Lipinski definition) is 0. The Bertz CT molecular complexity index is 162. The van der Waals surface area contributed by atoms with Crippen molar-refractivity contribution in [3.63, 3.8) is 0 Å². The molecular formula is C8H15F2NO2. The summed E-state index contributed by atoms with van der Waals surface area (Å²) in [7, 11) is 0. The van der Waals surface area contributed by atoms with E-state index >= 15 is 0 Å². The van der Waals surface area contributed by atoms with Gasteiger partial charge in [-0.2, -0.15) is 0 Å². The molecule has 0 atom stereocenters. The highest BCUT2D eigenvalue weighted by Crippen LogP contribution is 2.02. The van der Waals surface area contributed by atoms with Crippen LogP contribution in [0.1, 0.15) is 20.8 Å². The first-order valence-corrected chi connectivity index (χ1v) is 4.20. The molecule has 0 saturated heterocycles. The highest BCUT2D eigenvalue weighted by atomic mass is 19.3. The number of halogens is 2. The zero-order valence-corrected chi connectivity index (χ0v) is 8.09. The molecule has 1 amide bonds. The number of rotatable bonds is 4. The van der Waals surface area contributed by atoms with Gasteiger partial charge in [-0.25, -0.2) is 13.6 Å². The van der Waals surface area contributed by atoms with Gasteiger partial charge in [0.25, 0.3) is 6.43 Å². The first kappa shape index (κ1) is 12.1. The summed E-state index contributed by atoms with van der Waals surface area (Å²) in [5.74, 6) is 0. The van der Waals surface area contributed by atoms with E-state index in [0.29, 0.717) is 6.54 Å². The molecule has 0 aliphatic carbocycles. The minimum atomic E-state index is -2.60. The number of nitrogens with zero attached hydrogens (tertiary/aromatic N) is 1. The minimum absolute atomic E-state index is 0.0322. The molecule has 0 saturated carbocycles. The first-order chi connectivity index (χ1) is 5.99. The minimum Gasteiger partial charge on any atom is -0.443 e. The van der Waals surface area contributed by atoms with Crippen molar-refractivity contribution in [1.82, 2.24) is 4.90 Å². The fraction of sp³-hybridized carbons (Fsp3) is 0.875. The van der Waals surface area contributed by atoms with Crippen LogP contribution >= 0.6 is 0 Å². The summed E-state index contributed by atoms with van der Waals surface area (Å²) < 4.78 is 27.7. The third kappa shape index (κ3) is 4.65. The van der Waals surface area contributed by atoms with Crippen molar-refractivity contribution in [3.05, 3.63) is 0 Å². The Hall–Kier alpha value is -0.870. The normalized spacial score (nSPS) is 10.7. The van der Waals surface area contributed by atoms with Gasteiger partial charge in [0.05, 0.1) is 0 Å². The van der Waals surface area contributed by atoms with E-state index in [-0.39, 0.29) is 6.04 Å². The largest absolute Gasteiger partial charge is 0.443 e. The second-order valence-corrected chi connectivity index (χ2v) is 2.85. The van der Waals surface area contributed by atoms with Crippen molar-refractivity contribution in [1.29, 1.82) is 0 Å². The van der Waals surface area contributed by atoms with Gasteiger partial charge in [0.15, 0.2) is 6.61 Å². The van der Waals surface area contributed by atoms with Gasteiger partial charge in [-0.1, -0.05) is 0 Å². The lowest BCUT2D eigenvalue weighted by atomic mass is 10.3. The quantitative estimate of drug-likeness (QED) is 0.687. The second kappa shape index (κ2) is 5.72. The molecule has 0 fully saturated rings. The maximum atomic E-state index is 11.7. The standard InChI is InChI=1S/C8H15F2NO2/c1-4-11(6(2)3)8(12)13-5-7(9)10/h6-7H,4-5H2,1-3H3. The Morgan fingerprint density at radius 3 is 2.31 bits per heavy atom. The highest BCUT2D eigenvalue weighted by Gasteiger charge is 2.17. The predicted molar refractivity (Wildman–Crippen MR) is 44.9 cm³/mol. The van der Waals surface area contributed by atoms with Crippen LogP contribution in [0.15, 0.2) is 0 Å². The Labute approximate surface area is 76.7 Å². The molecule has 5 heteroatoms. The topological polar surface area (TPSA) is 29.5 Å². The highest BCUT2D eigenvalue weighted by molar-refractivity contribution is 5.67. The SMILES string of the molecule is CCN(C(=O)OCC(F)F)C(C)C. The van der Waals surface area contributed by atoms with Gasteiger partial charge in [-0.05, 0) is 20.8 Å². The van der Waals surface area contributed by atoms with Gasteiger partial charge in [-0.3, -0.25) is 0 Å². The third-order valence-corrected chi connectivity index (χ3v) is 1.53. The fourth-order valence-electron chi connectivity index (χ4n) is 0.922. The van der Waals surface area contributed by atoms with Gasteiger partial charge in [-0.15, -0.1) is 0 Å². The van der Waals surface area contributed by atoms with Crippen LogP contribution in [-0.4, -0.2) is 36.6 Å². The summed E-state index contributed by atoms with van der Waals surface area (Å²) in [5.41, 5.74) is 0. The molecule has 0 aromatic rings. The number of carbonyl (C=O) groups is 1. The number of hydrogen-bond acceptors (Lipinski definition) is 2. The van der Waals surface area contributed by atoms with E-state index in [4.69, 9.17) is 0 Å². The molecule has 0 radical (unpaired) electrons. The summed E-state index contributed by atoms with van der Waals surface area (Å²) in [6.07, 6.45) is -3.28. The van der Waals surface area contributed by atoms with Gasteiger partial charge in [0.1, 0.15) is 0 Å². The number of ether oxygens (including phenoxy) is 1. The number of amides is 1. The number of alkyl halides is 2. The molecule has 0 aromatic heterocycles. The molecule has 0 rings (SSSR count). The van der Waals surface area contributed by atoms with Crippen LogP contribution in [-0.2, 0) is 4.74 Å². The van der Waals surface area contributed by atoms with Crippen molar-refractivity contribution >= 4 is 6.09 Å². The van der Waals surface area contributed by atoms with E-state index in [0.717, 1.165) is 0 Å². The van der Waals surface area contributed by atoms with Crippen LogP contribution in [0.3, 0.4) is 0 Å². The summed E-state index contributed by atoms with van der Waals surface area (Å²) in [6, 6.07) is -0.0322. The average Bonchev–Trinajstić information content (AvgIpc) is 2.01. The summed E-state index contributed by atoms with van der Waals surface area (Å²) >= 11 is 0. The molecule has 78 valence electrons. The number of carbonyl (C=O) groups excluding carboxylic acids is 1. The fourth-order valence-corrected chi connectivity index (χ4v) is 0.922. The van der Waals surface area contributed by atoms with E-state index in [1.807, 2.05) is 0 Å². The van der Waals surface area contributed by atoms with Crippen molar-refractivity contribution < 1.29 is 18.3 Å². The third-order valence-electron chi connectivity index (χ3n) is 1.53. The molecule has 0 aliphatic rings. The second-order valence-electron chi connectivity index (χ2n) is 2.85. The van der Waals surface area contributed by atoms with Crippen LogP contribution in [0, 0.1) is 0 Å². The van der Waals surface area contributed by atoms with Gasteiger partial charge >= 0.3 is 6.09 Å². The predicted octanol–water partition coefficient (Wildman–Crippen LogP) is 2.12. The van der Waals surface area contributed by atoms with E-state index in [1.54, 1.807) is 20.8 Å². The molecule has 0 bridgehead atoms. The van der Waals surface area contributed by atoms with Crippen molar-refractivity contribution in [2.75, 3.05) is 13.2 Å². The van der Waals surface area contributed by atoms with E-state index < -0.39 is 19.1 Å². The maximum Gasteiger partial charge on any atom is 0.410 e. The van der Waals surface area contributed by atoms with Crippen LogP contribution in [0.25, 0.3) is 0 Å². The first-order valence-electron chi connectivity index (χ1n) is 4.20. The van der Waals surface area contributed by atoms with Gasteiger partial charge in [0, 0.05) is 12.6 Å². The molecule has 0 aliphatic heterocycles. The Morgan fingerprint density at radius 2 is 2.00 bits per heavy atom. The van der Waals surface area contributed by atoms with Crippen molar-refractivity contribution in [2.45, 2.75) is 33.2 Å². The van der Waals surface area contributed by atoms with E-state index in [2.05, 4.69) is 4.74 Å². The Balaban J connectivity index is 3.92. The zero-order chi connectivity index (χ0) is 10.4. The summed E-state index contributed by atoms with van der Waals surface area (Å²) in [5, 5.41) is 0. The van der Waals surface area contributed by atoms with Crippen LogP contribution in [0.4, 0.5) is 13.6 Å². The van der Waals surface area contributed by atoms with Crippen LogP contribution in [0.5, 0.6) is 0 Å². The molecular weight excluding hydrogens is 180 g/mol. The summed E-state index contributed by atoms with van der Waals surface area (Å²) in [4.78, 5) is 12.5. The smallest absolute Gasteiger partial charge is 0.410 e. The summed E-state index contributed by atoms with van der Waals surface area (Å²) in [6.45, 7) is 4.99. The van der Waals surface area contributed by atoms with Crippen LogP contribution < -0.4 is 0 Å². The van der Waals surface area contributed by atoms with Crippen molar-refractivity contribution in [3.8, 4) is 0 Å². The van der Waals surface area contributed by atoms with Gasteiger partial charge in [0.2, 0.25) is 0 Å². The zero-order valence-electron chi connectivity index (χ0n) is 8.09. The Morgan fingerprint density at radius 1 is 1.46 bits per heavy atom. The molecule has 0 N–H and O–H groups in total. The lowest BCUT2D eigenvalue weighted by Gasteiger charge is -2.23. The van der Waals surface area contributed by atoms with Gasteiger partial charge < -0.3 is 9.64 Å². The van der Waals surface area contributed by atoms with Crippen molar-refractivity contribution in [2.24, 2.45) is 0 Å². The Kier molecular flexibility index (Phi) is 5.34. The molecule has 3 nitrogen and oxygen atoms in total. The lowest BCUT2D eigenvalue weighted by molar-refractivity contribution is 0.0284. The molecule has 0 heterocycles. The monoisotopic (exact) mass is 195 g/mol. The molecule has 0 unspecified atom stereocenters. The van der Waals surface area contributed by atoms with E-state index in [9.17, 15) is 13.6 Å². The maximum absolute atomic E-state index is 11.7.